The molecule has 1 aliphatic heterocycles. The fourth-order valence-electron chi connectivity index (χ4n) is 3.95. The Morgan fingerprint density at radius 1 is 1.26 bits per heavy atom. The predicted molar refractivity (Wildman–Crippen MR) is 134 cm³/mol. The van der Waals surface area contributed by atoms with Crippen molar-refractivity contribution in [2.75, 3.05) is 26.4 Å². The highest BCUT2D eigenvalue weighted by atomic mass is 16.5. The number of nitrogens with one attached hydrogen (secondary N) is 2. The first kappa shape index (κ1) is 24.3. The molecule has 3 aromatic rings. The van der Waals surface area contributed by atoms with Crippen LogP contribution in [0.2, 0.25) is 0 Å². The second kappa shape index (κ2) is 11.1. The summed E-state index contributed by atoms with van der Waals surface area (Å²) in [6, 6.07) is 11.6. The number of aromatic nitrogens is 2. The standard InChI is InChI=1S/C27H30N4O4/c1-4-33-25-13-19(7-8-24(25)35-16-26(32)29-15-21-6-5-9-34-21)12-20(14-28)27-30-22-10-17(2)18(3)11-23(22)31-27/h7-8,10-13,21H,4-6,9,15-16H2,1-3H3,(H,29,32)(H,30,31)/b20-12+/t21-/m1/s1. The molecule has 0 bridgehead atoms. The van der Waals surface area contributed by atoms with E-state index in [9.17, 15) is 10.1 Å². The number of amides is 1. The zero-order valence-electron chi connectivity index (χ0n) is 20.3. The Bertz CT molecular complexity index is 1240. The van der Waals surface area contributed by atoms with Crippen molar-refractivity contribution in [1.29, 1.82) is 5.26 Å². The van der Waals surface area contributed by atoms with Crippen molar-refractivity contribution >= 4 is 28.6 Å². The number of carbonyl (C=O) groups excluding carboxylic acids is 1. The highest BCUT2D eigenvalue weighted by Gasteiger charge is 2.17. The molecule has 2 N–H and O–H groups in total. The molecule has 0 saturated carbocycles. The Balaban J connectivity index is 1.48. The van der Waals surface area contributed by atoms with Gasteiger partial charge in [0.2, 0.25) is 0 Å². The number of rotatable bonds is 9. The maximum Gasteiger partial charge on any atom is 0.258 e. The topological polar surface area (TPSA) is 109 Å². The molecule has 1 aromatic heterocycles. The molecule has 8 nitrogen and oxygen atoms in total. The van der Waals surface area contributed by atoms with Crippen LogP contribution in [-0.2, 0) is 9.53 Å². The minimum absolute atomic E-state index is 0.0816. The molecule has 4 rings (SSSR count). The summed E-state index contributed by atoms with van der Waals surface area (Å²) in [6.45, 7) is 7.51. The minimum Gasteiger partial charge on any atom is -0.490 e. The summed E-state index contributed by atoms with van der Waals surface area (Å²) in [5.41, 5.74) is 5.18. The van der Waals surface area contributed by atoms with Crippen molar-refractivity contribution in [3.05, 3.63) is 52.8 Å². The summed E-state index contributed by atoms with van der Waals surface area (Å²) in [5, 5.41) is 12.6. The van der Waals surface area contributed by atoms with Gasteiger partial charge >= 0.3 is 0 Å². The van der Waals surface area contributed by atoms with Crippen LogP contribution in [0.1, 0.15) is 42.3 Å². The predicted octanol–water partition coefficient (Wildman–Crippen LogP) is 4.32. The third kappa shape index (κ3) is 6.00. The molecule has 1 saturated heterocycles. The summed E-state index contributed by atoms with van der Waals surface area (Å²) >= 11 is 0. The number of benzene rings is 2. The van der Waals surface area contributed by atoms with Crippen LogP contribution in [0.25, 0.3) is 22.7 Å². The molecule has 182 valence electrons. The van der Waals surface area contributed by atoms with Crippen LogP contribution in [0, 0.1) is 25.2 Å². The lowest BCUT2D eigenvalue weighted by molar-refractivity contribution is -0.123. The van der Waals surface area contributed by atoms with E-state index >= 15 is 0 Å². The second-order valence-corrected chi connectivity index (χ2v) is 8.58. The number of imidazole rings is 1. The van der Waals surface area contributed by atoms with E-state index in [2.05, 4.69) is 21.4 Å². The number of carbonyl (C=O) groups is 1. The number of fused-ring (bicyclic) bond motifs is 1. The molecule has 1 aliphatic rings. The number of allylic oxidation sites excluding steroid dienone is 1. The third-order valence-electron chi connectivity index (χ3n) is 5.96. The molecule has 2 heterocycles. The van der Waals surface area contributed by atoms with Crippen LogP contribution in [0.5, 0.6) is 11.5 Å². The monoisotopic (exact) mass is 474 g/mol. The van der Waals surface area contributed by atoms with Crippen molar-refractivity contribution in [3.63, 3.8) is 0 Å². The average Bonchev–Trinajstić information content (AvgIpc) is 3.51. The van der Waals surface area contributed by atoms with Crippen molar-refractivity contribution in [2.45, 2.75) is 39.7 Å². The van der Waals surface area contributed by atoms with E-state index in [0.29, 0.717) is 36.0 Å². The SMILES string of the molecule is CCOc1cc(/C=C(\C#N)c2nc3cc(C)c(C)cc3[nH]2)ccc1OCC(=O)NC[C@H]1CCCO1. The Labute approximate surface area is 204 Å². The van der Waals surface area contributed by atoms with Crippen molar-refractivity contribution in [3.8, 4) is 17.6 Å². The van der Waals surface area contributed by atoms with Crippen LogP contribution in [0.15, 0.2) is 30.3 Å². The van der Waals surface area contributed by atoms with Gasteiger partial charge < -0.3 is 24.5 Å². The molecule has 0 unspecified atom stereocenters. The molecular weight excluding hydrogens is 444 g/mol. The smallest absolute Gasteiger partial charge is 0.258 e. The van der Waals surface area contributed by atoms with Crippen LogP contribution < -0.4 is 14.8 Å². The summed E-state index contributed by atoms with van der Waals surface area (Å²) in [7, 11) is 0. The third-order valence-corrected chi connectivity index (χ3v) is 5.96. The number of aryl methyl sites for hydroxylation is 2. The van der Waals surface area contributed by atoms with Crippen LogP contribution >= 0.6 is 0 Å². The summed E-state index contributed by atoms with van der Waals surface area (Å²) in [6.07, 6.45) is 3.82. The minimum atomic E-state index is -0.214. The Morgan fingerprint density at radius 2 is 2.09 bits per heavy atom. The van der Waals surface area contributed by atoms with Gasteiger partial charge in [-0.3, -0.25) is 4.79 Å². The van der Waals surface area contributed by atoms with E-state index in [1.165, 1.54) is 0 Å². The largest absolute Gasteiger partial charge is 0.490 e. The Morgan fingerprint density at radius 3 is 2.83 bits per heavy atom. The van der Waals surface area contributed by atoms with Gasteiger partial charge in [0, 0.05) is 13.2 Å². The molecule has 1 amide bonds. The van der Waals surface area contributed by atoms with Crippen LogP contribution in [-0.4, -0.2) is 48.3 Å². The summed E-state index contributed by atoms with van der Waals surface area (Å²) in [4.78, 5) is 20.0. The van der Waals surface area contributed by atoms with Crippen LogP contribution in [0.4, 0.5) is 0 Å². The molecule has 1 fully saturated rings. The molecule has 2 aromatic carbocycles. The number of H-pyrrole nitrogens is 1. The first-order valence-electron chi connectivity index (χ1n) is 11.8. The van der Waals surface area contributed by atoms with Gasteiger partial charge in [-0.2, -0.15) is 5.26 Å². The molecule has 0 radical (unpaired) electrons. The first-order valence-corrected chi connectivity index (χ1v) is 11.8. The lowest BCUT2D eigenvalue weighted by Crippen LogP contribution is -2.35. The molecule has 0 spiro atoms. The second-order valence-electron chi connectivity index (χ2n) is 8.58. The average molecular weight is 475 g/mol. The van der Waals surface area contributed by atoms with Gasteiger partial charge in [-0.1, -0.05) is 6.07 Å². The van der Waals surface area contributed by atoms with E-state index in [-0.39, 0.29) is 18.6 Å². The van der Waals surface area contributed by atoms with E-state index in [1.54, 1.807) is 18.2 Å². The van der Waals surface area contributed by atoms with Crippen molar-refractivity contribution < 1.29 is 19.0 Å². The van der Waals surface area contributed by atoms with Crippen molar-refractivity contribution in [1.82, 2.24) is 15.3 Å². The van der Waals surface area contributed by atoms with E-state index in [1.807, 2.05) is 39.0 Å². The summed E-state index contributed by atoms with van der Waals surface area (Å²) < 4.78 is 17.0. The maximum atomic E-state index is 12.2. The van der Waals surface area contributed by atoms with Crippen LogP contribution in [0.3, 0.4) is 0 Å². The first-order chi connectivity index (χ1) is 17.0. The zero-order chi connectivity index (χ0) is 24.8. The van der Waals surface area contributed by atoms with E-state index < -0.39 is 0 Å². The fourth-order valence-corrected chi connectivity index (χ4v) is 3.95. The van der Waals surface area contributed by atoms with Crippen molar-refractivity contribution in [2.24, 2.45) is 0 Å². The number of hydrogen-bond donors (Lipinski definition) is 2. The highest BCUT2D eigenvalue weighted by Crippen LogP contribution is 2.30. The van der Waals surface area contributed by atoms with Gasteiger partial charge in [-0.15, -0.1) is 0 Å². The number of hydrogen-bond acceptors (Lipinski definition) is 6. The molecule has 1 atom stereocenters. The van der Waals surface area contributed by atoms with Gasteiger partial charge in [0.05, 0.1) is 29.3 Å². The van der Waals surface area contributed by atoms with Gasteiger partial charge in [0.1, 0.15) is 11.9 Å². The van der Waals surface area contributed by atoms with E-state index in [0.717, 1.165) is 47.2 Å². The zero-order valence-corrected chi connectivity index (χ0v) is 20.3. The lowest BCUT2D eigenvalue weighted by atomic mass is 10.1. The van der Waals surface area contributed by atoms with E-state index in [4.69, 9.17) is 14.2 Å². The van der Waals surface area contributed by atoms with Gasteiger partial charge in [0.25, 0.3) is 5.91 Å². The number of ether oxygens (including phenoxy) is 3. The normalized spacial score (nSPS) is 15.7. The van der Waals surface area contributed by atoms with Gasteiger partial charge in [-0.05, 0) is 80.6 Å². The fraction of sp³-hybridized carbons (Fsp3) is 0.370. The highest BCUT2D eigenvalue weighted by molar-refractivity contribution is 5.90. The molecular formula is C27H30N4O4. The Kier molecular flexibility index (Phi) is 7.68. The Hall–Kier alpha value is -3.83. The number of nitrogens with zero attached hydrogens (tertiary/aromatic N) is 2. The molecule has 8 heteroatoms. The molecule has 0 aliphatic carbocycles. The number of nitriles is 1. The number of aromatic amines is 1. The summed E-state index contributed by atoms with van der Waals surface area (Å²) in [5.74, 6) is 1.26. The molecule has 35 heavy (non-hydrogen) atoms. The van der Waals surface area contributed by atoms with Gasteiger partial charge in [-0.25, -0.2) is 4.98 Å². The quantitative estimate of drug-likeness (QED) is 0.447. The van der Waals surface area contributed by atoms with Gasteiger partial charge in [0.15, 0.2) is 18.1 Å². The maximum absolute atomic E-state index is 12.2. The lowest BCUT2D eigenvalue weighted by Gasteiger charge is -2.14.